The van der Waals surface area contributed by atoms with Crippen molar-refractivity contribution in [3.63, 3.8) is 0 Å². The van der Waals surface area contributed by atoms with Crippen LogP contribution in [0.15, 0.2) is 48.5 Å². The molecule has 3 aromatic rings. The topological polar surface area (TPSA) is 45.2 Å². The minimum absolute atomic E-state index is 0.142. The summed E-state index contributed by atoms with van der Waals surface area (Å²) in [5.74, 6) is -0.501. The van der Waals surface area contributed by atoms with Crippen LogP contribution in [0, 0.1) is 12.7 Å². The van der Waals surface area contributed by atoms with Gasteiger partial charge in [-0.1, -0.05) is 29.8 Å². The van der Waals surface area contributed by atoms with E-state index in [9.17, 15) is 9.18 Å². The van der Waals surface area contributed by atoms with Gasteiger partial charge in [0.05, 0.1) is 22.8 Å². The number of hydrogen-bond acceptors (Lipinski definition) is 3. The molecule has 6 heteroatoms. The number of nitrogens with zero attached hydrogens (tertiary/aromatic N) is 2. The number of likely N-dealkylation sites (N-methyl/N-ethyl adjacent to an activating group) is 1. The zero-order valence-electron chi connectivity index (χ0n) is 15.5. The van der Waals surface area contributed by atoms with Gasteiger partial charge in [0.1, 0.15) is 5.82 Å². The quantitative estimate of drug-likeness (QED) is 0.709. The molecular formula is C21H21ClFN3O. The van der Waals surface area contributed by atoms with Crippen LogP contribution < -0.4 is 5.32 Å². The van der Waals surface area contributed by atoms with E-state index in [0.29, 0.717) is 22.8 Å². The number of aromatic nitrogens is 1. The molecule has 0 fully saturated rings. The molecule has 1 heterocycles. The molecule has 1 N–H and O–H groups in total. The number of nitrogens with one attached hydrogen (secondary N) is 1. The van der Waals surface area contributed by atoms with Gasteiger partial charge < -0.3 is 10.2 Å². The summed E-state index contributed by atoms with van der Waals surface area (Å²) >= 11 is 6.01. The number of fused-ring (bicyclic) bond motifs is 1. The van der Waals surface area contributed by atoms with E-state index < -0.39 is 0 Å². The van der Waals surface area contributed by atoms with Crippen molar-refractivity contribution in [2.75, 3.05) is 20.6 Å². The molecular weight excluding hydrogens is 365 g/mol. The highest BCUT2D eigenvalue weighted by Gasteiger charge is 2.18. The molecule has 140 valence electrons. The molecule has 0 aliphatic carbocycles. The number of carbonyl (C=O) groups is 1. The highest BCUT2D eigenvalue weighted by molar-refractivity contribution is 6.31. The summed E-state index contributed by atoms with van der Waals surface area (Å²) in [6.45, 7) is 2.15. The van der Waals surface area contributed by atoms with Crippen LogP contribution in [-0.2, 0) is 0 Å². The Morgan fingerprint density at radius 1 is 1.22 bits per heavy atom. The zero-order valence-corrected chi connectivity index (χ0v) is 16.2. The highest BCUT2D eigenvalue weighted by Crippen LogP contribution is 2.21. The van der Waals surface area contributed by atoms with Gasteiger partial charge in [0.2, 0.25) is 0 Å². The molecule has 0 saturated carbocycles. The Kier molecular flexibility index (Phi) is 5.73. The maximum absolute atomic E-state index is 13.6. The molecule has 1 atom stereocenters. The second-order valence-corrected chi connectivity index (χ2v) is 7.14. The van der Waals surface area contributed by atoms with Crippen molar-refractivity contribution in [2.24, 2.45) is 0 Å². The molecule has 1 aromatic heterocycles. The van der Waals surface area contributed by atoms with Crippen LogP contribution in [-0.4, -0.2) is 36.4 Å². The Labute approximate surface area is 163 Å². The summed E-state index contributed by atoms with van der Waals surface area (Å²) in [6.07, 6.45) is 0. The molecule has 3 rings (SSSR count). The Hall–Kier alpha value is -2.50. The standard InChI is InChI=1S/C21H21ClFN3O/c1-13-18(10-14-7-8-16(22)11-19(14)25-13)21(27)24-12-20(26(2)3)15-5-4-6-17(23)9-15/h4-11,20H,12H2,1-3H3,(H,24,27)/t20-/m0/s1. The number of halogens is 2. The van der Waals surface area contributed by atoms with Crippen molar-refractivity contribution in [3.8, 4) is 0 Å². The second-order valence-electron chi connectivity index (χ2n) is 6.70. The van der Waals surface area contributed by atoms with E-state index in [0.717, 1.165) is 16.5 Å². The third kappa shape index (κ3) is 4.43. The van der Waals surface area contributed by atoms with Crippen LogP contribution in [0.3, 0.4) is 0 Å². The number of hydrogen-bond donors (Lipinski definition) is 1. The lowest BCUT2D eigenvalue weighted by Crippen LogP contribution is -2.35. The smallest absolute Gasteiger partial charge is 0.253 e. The Morgan fingerprint density at radius 2 is 2.00 bits per heavy atom. The summed E-state index contributed by atoms with van der Waals surface area (Å²) < 4.78 is 13.6. The zero-order chi connectivity index (χ0) is 19.6. The van der Waals surface area contributed by atoms with Crippen molar-refractivity contribution in [2.45, 2.75) is 13.0 Å². The number of rotatable bonds is 5. The van der Waals surface area contributed by atoms with Gasteiger partial charge in [0, 0.05) is 17.0 Å². The first-order valence-corrected chi connectivity index (χ1v) is 9.00. The molecule has 0 aliphatic rings. The average molecular weight is 386 g/mol. The molecule has 0 spiro atoms. The normalized spacial score (nSPS) is 12.4. The Bertz CT molecular complexity index is 990. The van der Waals surface area contributed by atoms with E-state index in [1.807, 2.05) is 37.2 Å². The molecule has 4 nitrogen and oxygen atoms in total. The number of pyridine rings is 1. The Balaban J connectivity index is 1.81. The first kappa shape index (κ1) is 19.3. The van der Waals surface area contributed by atoms with Gasteiger partial charge in [-0.15, -0.1) is 0 Å². The summed E-state index contributed by atoms with van der Waals surface area (Å²) in [5, 5.41) is 4.40. The van der Waals surface area contributed by atoms with Crippen molar-refractivity contribution >= 4 is 28.4 Å². The van der Waals surface area contributed by atoms with Gasteiger partial charge in [0.25, 0.3) is 5.91 Å². The average Bonchev–Trinajstić information content (AvgIpc) is 2.60. The predicted molar refractivity (Wildman–Crippen MR) is 107 cm³/mol. The van der Waals surface area contributed by atoms with E-state index in [1.165, 1.54) is 12.1 Å². The number of amides is 1. The predicted octanol–water partition coefficient (Wildman–Crippen LogP) is 4.37. The maximum Gasteiger partial charge on any atom is 0.253 e. The van der Waals surface area contributed by atoms with E-state index in [2.05, 4.69) is 10.3 Å². The summed E-state index contributed by atoms with van der Waals surface area (Å²) in [7, 11) is 3.79. The van der Waals surface area contributed by atoms with Crippen LogP contribution in [0.5, 0.6) is 0 Å². The summed E-state index contributed by atoms with van der Waals surface area (Å²) in [5.41, 5.74) is 2.71. The van der Waals surface area contributed by atoms with Gasteiger partial charge in [-0.25, -0.2) is 4.39 Å². The van der Waals surface area contributed by atoms with Crippen LogP contribution in [0.1, 0.15) is 27.7 Å². The van der Waals surface area contributed by atoms with Crippen LogP contribution >= 0.6 is 11.6 Å². The first-order chi connectivity index (χ1) is 12.8. The van der Waals surface area contributed by atoms with Crippen LogP contribution in [0.4, 0.5) is 4.39 Å². The number of benzene rings is 2. The molecule has 27 heavy (non-hydrogen) atoms. The minimum atomic E-state index is -0.293. The molecule has 0 saturated heterocycles. The van der Waals surface area contributed by atoms with Gasteiger partial charge in [-0.05, 0) is 56.9 Å². The van der Waals surface area contributed by atoms with Gasteiger partial charge >= 0.3 is 0 Å². The summed E-state index contributed by atoms with van der Waals surface area (Å²) in [6, 6.07) is 13.5. The van der Waals surface area contributed by atoms with Crippen molar-refractivity contribution in [1.29, 1.82) is 0 Å². The lowest BCUT2D eigenvalue weighted by atomic mass is 10.1. The van der Waals surface area contributed by atoms with Crippen molar-refractivity contribution in [3.05, 3.63) is 76.2 Å². The minimum Gasteiger partial charge on any atom is -0.350 e. The monoisotopic (exact) mass is 385 g/mol. The molecule has 1 amide bonds. The Morgan fingerprint density at radius 3 is 2.70 bits per heavy atom. The fourth-order valence-electron chi connectivity index (χ4n) is 3.06. The van der Waals surface area contributed by atoms with Gasteiger partial charge in [-0.2, -0.15) is 0 Å². The lowest BCUT2D eigenvalue weighted by molar-refractivity contribution is 0.0941. The van der Waals surface area contributed by atoms with Gasteiger partial charge in [-0.3, -0.25) is 9.78 Å². The molecule has 2 aromatic carbocycles. The molecule has 0 radical (unpaired) electrons. The number of aryl methyl sites for hydroxylation is 1. The first-order valence-electron chi connectivity index (χ1n) is 8.62. The van der Waals surface area contributed by atoms with E-state index >= 15 is 0 Å². The van der Waals surface area contributed by atoms with Crippen molar-refractivity contribution < 1.29 is 9.18 Å². The fourth-order valence-corrected chi connectivity index (χ4v) is 3.23. The lowest BCUT2D eigenvalue weighted by Gasteiger charge is -2.25. The third-order valence-electron chi connectivity index (χ3n) is 4.53. The van der Waals surface area contributed by atoms with E-state index in [1.54, 1.807) is 25.1 Å². The third-order valence-corrected chi connectivity index (χ3v) is 4.76. The molecule has 0 unspecified atom stereocenters. The van der Waals surface area contributed by atoms with E-state index in [-0.39, 0.29) is 17.8 Å². The SMILES string of the molecule is Cc1nc2cc(Cl)ccc2cc1C(=O)NC[C@@H](c1cccc(F)c1)N(C)C. The largest absolute Gasteiger partial charge is 0.350 e. The second kappa shape index (κ2) is 8.03. The maximum atomic E-state index is 13.6. The van der Waals surface area contributed by atoms with E-state index in [4.69, 9.17) is 11.6 Å². The van der Waals surface area contributed by atoms with Crippen LogP contribution in [0.2, 0.25) is 5.02 Å². The number of carbonyl (C=O) groups excluding carboxylic acids is 1. The molecule has 0 aliphatic heterocycles. The summed E-state index contributed by atoms with van der Waals surface area (Å²) in [4.78, 5) is 19.2. The van der Waals surface area contributed by atoms with Crippen LogP contribution in [0.25, 0.3) is 10.9 Å². The molecule has 0 bridgehead atoms. The fraction of sp³-hybridized carbons (Fsp3) is 0.238. The van der Waals surface area contributed by atoms with Gasteiger partial charge in [0.15, 0.2) is 0 Å². The highest BCUT2D eigenvalue weighted by atomic mass is 35.5. The van der Waals surface area contributed by atoms with Crippen molar-refractivity contribution in [1.82, 2.24) is 15.2 Å².